The Morgan fingerprint density at radius 3 is 2.16 bits per heavy atom. The van der Waals surface area contributed by atoms with Gasteiger partial charge in [0.1, 0.15) is 6.61 Å². The van der Waals surface area contributed by atoms with E-state index in [0.717, 1.165) is 32.1 Å². The van der Waals surface area contributed by atoms with Gasteiger partial charge in [-0.25, -0.2) is 9.69 Å². The van der Waals surface area contributed by atoms with Crippen molar-refractivity contribution in [1.82, 2.24) is 0 Å². The van der Waals surface area contributed by atoms with Crippen LogP contribution >= 0.6 is 11.6 Å². The Morgan fingerprint density at radius 2 is 1.55 bits per heavy atom. The second-order valence-electron chi connectivity index (χ2n) is 7.63. The Hall–Kier alpha value is -1.57. The Balaban J connectivity index is 0.00000341. The molecule has 2 aromatic carbocycles. The first-order chi connectivity index (χ1) is 14.5. The molecule has 0 heterocycles. The fraction of sp³-hybridized carbons (Fsp3) is 0.391. The molecule has 1 saturated carbocycles. The van der Waals surface area contributed by atoms with E-state index < -0.39 is 18.7 Å². The van der Waals surface area contributed by atoms with Crippen LogP contribution in [-0.4, -0.2) is 31.9 Å². The monoisotopic (exact) mass is 453 g/mol. The van der Waals surface area contributed by atoms with E-state index in [9.17, 15) is 14.7 Å². The number of hydrogen-bond donors (Lipinski definition) is 0. The number of hydrogen-bond acceptors (Lipinski definition) is 5. The van der Waals surface area contributed by atoms with E-state index in [-0.39, 0.29) is 48.2 Å². The van der Waals surface area contributed by atoms with Crippen LogP contribution in [-0.2, 0) is 14.3 Å². The average Bonchev–Trinajstić information content (AvgIpc) is 2.75. The second-order valence-corrected chi connectivity index (χ2v) is 8.06. The van der Waals surface area contributed by atoms with Gasteiger partial charge in [-0.15, -0.1) is 0 Å². The molecule has 0 N–H and O–H groups in total. The Morgan fingerprint density at radius 1 is 0.935 bits per heavy atom. The third-order valence-electron chi connectivity index (χ3n) is 5.33. The third-order valence-corrected chi connectivity index (χ3v) is 5.58. The third kappa shape index (κ3) is 7.51. The van der Waals surface area contributed by atoms with Gasteiger partial charge < -0.3 is 19.4 Å². The Bertz CT molecular complexity index is 841. The SMILES string of the molecule is O=C([O-])COCC1(COC(=O)N(c2ccccc2)c2ccc(Cl)cc2)CCCCC1.[Na+]. The second kappa shape index (κ2) is 12.5. The molecule has 0 unspecified atom stereocenters. The zero-order chi connectivity index (χ0) is 21.4. The summed E-state index contributed by atoms with van der Waals surface area (Å²) in [5.41, 5.74) is 0.934. The number of carbonyl (C=O) groups excluding carboxylic acids is 2. The number of para-hydroxylation sites is 1. The Kier molecular flexibility index (Phi) is 10.3. The van der Waals surface area contributed by atoms with Gasteiger partial charge in [0.2, 0.25) is 0 Å². The molecule has 6 nitrogen and oxygen atoms in total. The molecule has 0 radical (unpaired) electrons. The first kappa shape index (κ1) is 25.7. The number of ether oxygens (including phenoxy) is 2. The number of nitrogens with zero attached hydrogens (tertiary/aromatic N) is 1. The molecule has 1 aliphatic carbocycles. The van der Waals surface area contributed by atoms with Crippen molar-refractivity contribution in [2.45, 2.75) is 32.1 Å². The maximum atomic E-state index is 13.1. The van der Waals surface area contributed by atoms with Crippen molar-refractivity contribution in [2.75, 3.05) is 24.7 Å². The van der Waals surface area contributed by atoms with Gasteiger partial charge in [-0.1, -0.05) is 49.1 Å². The summed E-state index contributed by atoms with van der Waals surface area (Å²) in [5, 5.41) is 11.3. The van der Waals surface area contributed by atoms with Crippen LogP contribution in [0.2, 0.25) is 5.02 Å². The van der Waals surface area contributed by atoms with E-state index in [1.807, 2.05) is 30.3 Å². The van der Waals surface area contributed by atoms with E-state index in [0.29, 0.717) is 16.4 Å². The van der Waals surface area contributed by atoms with Crippen molar-refractivity contribution in [3.05, 3.63) is 59.6 Å². The van der Waals surface area contributed by atoms with Crippen molar-refractivity contribution in [1.29, 1.82) is 0 Å². The first-order valence-electron chi connectivity index (χ1n) is 10.0. The smallest absolute Gasteiger partial charge is 0.548 e. The minimum absolute atomic E-state index is 0. The first-order valence-corrected chi connectivity index (χ1v) is 10.4. The molecule has 0 spiro atoms. The minimum Gasteiger partial charge on any atom is -0.548 e. The summed E-state index contributed by atoms with van der Waals surface area (Å²) in [5.74, 6) is -1.25. The molecule has 160 valence electrons. The average molecular weight is 454 g/mol. The maximum Gasteiger partial charge on any atom is 1.00 e. The van der Waals surface area contributed by atoms with Gasteiger partial charge in [0.25, 0.3) is 0 Å². The number of halogens is 1. The van der Waals surface area contributed by atoms with E-state index in [2.05, 4.69) is 0 Å². The Labute approximate surface area is 209 Å². The van der Waals surface area contributed by atoms with Crippen molar-refractivity contribution in [3.63, 3.8) is 0 Å². The quantitative estimate of drug-likeness (QED) is 0.563. The summed E-state index contributed by atoms with van der Waals surface area (Å²) in [6.45, 7) is -0.0764. The molecule has 1 fully saturated rings. The number of carboxylic acids is 1. The van der Waals surface area contributed by atoms with Crippen LogP contribution in [0.4, 0.5) is 16.2 Å². The summed E-state index contributed by atoms with van der Waals surface area (Å²) in [6.07, 6.45) is 4.22. The van der Waals surface area contributed by atoms with Crippen molar-refractivity contribution < 1.29 is 53.7 Å². The van der Waals surface area contributed by atoms with Gasteiger partial charge in [-0.2, -0.15) is 0 Å². The van der Waals surface area contributed by atoms with Gasteiger partial charge in [0.05, 0.1) is 30.6 Å². The number of carboxylic acid groups (broad SMARTS) is 1. The zero-order valence-corrected chi connectivity index (χ0v) is 20.5. The van der Waals surface area contributed by atoms with Gasteiger partial charge >= 0.3 is 35.7 Å². The van der Waals surface area contributed by atoms with Crippen LogP contribution in [0.25, 0.3) is 0 Å². The predicted molar refractivity (Wildman–Crippen MR) is 113 cm³/mol. The van der Waals surface area contributed by atoms with Crippen LogP contribution < -0.4 is 39.6 Å². The van der Waals surface area contributed by atoms with E-state index in [4.69, 9.17) is 21.1 Å². The fourth-order valence-electron chi connectivity index (χ4n) is 3.79. The topological polar surface area (TPSA) is 78.9 Å². The molecule has 0 aromatic heterocycles. The van der Waals surface area contributed by atoms with Crippen LogP contribution in [0.1, 0.15) is 32.1 Å². The zero-order valence-electron chi connectivity index (χ0n) is 17.7. The molecule has 0 aliphatic heterocycles. The van der Waals surface area contributed by atoms with Crippen molar-refractivity contribution in [2.24, 2.45) is 5.41 Å². The van der Waals surface area contributed by atoms with E-state index in [1.54, 1.807) is 24.3 Å². The summed E-state index contributed by atoms with van der Waals surface area (Å²) in [6, 6.07) is 16.2. The summed E-state index contributed by atoms with van der Waals surface area (Å²) in [4.78, 5) is 25.3. The molecule has 2 aromatic rings. The van der Waals surface area contributed by atoms with E-state index in [1.165, 1.54) is 4.90 Å². The molecule has 8 heteroatoms. The molecule has 0 bridgehead atoms. The molecule has 0 atom stereocenters. The van der Waals surface area contributed by atoms with Gasteiger partial charge in [-0.05, 0) is 49.2 Å². The standard InChI is InChI=1S/C23H26ClNO5.Na/c24-18-9-11-20(12-10-18)25(19-7-3-1-4-8-19)22(28)30-17-23(13-5-2-6-14-23)16-29-15-21(26)27;/h1,3-4,7-12H,2,5-6,13-17H2,(H,26,27);/q;+1/p-1. The van der Waals surface area contributed by atoms with Gasteiger partial charge in [-0.3, -0.25) is 0 Å². The molecule has 0 saturated heterocycles. The van der Waals surface area contributed by atoms with Crippen LogP contribution in [0.15, 0.2) is 54.6 Å². The number of anilines is 2. The van der Waals surface area contributed by atoms with E-state index >= 15 is 0 Å². The fourth-order valence-corrected chi connectivity index (χ4v) is 3.92. The number of aliphatic carboxylic acids is 1. The number of rotatable bonds is 8. The normalized spacial score (nSPS) is 14.9. The molecule has 3 rings (SSSR count). The minimum atomic E-state index is -1.25. The van der Waals surface area contributed by atoms with Crippen molar-refractivity contribution >= 4 is 35.0 Å². The summed E-state index contributed by atoms with van der Waals surface area (Å²) < 4.78 is 11.1. The summed E-state index contributed by atoms with van der Waals surface area (Å²) in [7, 11) is 0. The molecule has 31 heavy (non-hydrogen) atoms. The van der Waals surface area contributed by atoms with Crippen LogP contribution in [0.5, 0.6) is 0 Å². The van der Waals surface area contributed by atoms with Gasteiger partial charge in [0.15, 0.2) is 0 Å². The summed E-state index contributed by atoms with van der Waals surface area (Å²) >= 11 is 6.00. The number of carbonyl (C=O) groups is 2. The molecular weight excluding hydrogens is 429 g/mol. The maximum absolute atomic E-state index is 13.1. The van der Waals surface area contributed by atoms with Crippen LogP contribution in [0, 0.1) is 5.41 Å². The number of benzene rings is 2. The molecule has 1 aliphatic rings. The molecule has 1 amide bonds. The molecular formula is C23H25ClNNaO5. The predicted octanol–water partition coefficient (Wildman–Crippen LogP) is 1.34. The number of amides is 1. The van der Waals surface area contributed by atoms with Crippen LogP contribution in [0.3, 0.4) is 0 Å². The largest absolute Gasteiger partial charge is 1.00 e. The van der Waals surface area contributed by atoms with Crippen molar-refractivity contribution in [3.8, 4) is 0 Å². The van der Waals surface area contributed by atoms with Gasteiger partial charge in [0, 0.05) is 10.4 Å².